The summed E-state index contributed by atoms with van der Waals surface area (Å²) >= 11 is 1.79. The van der Waals surface area contributed by atoms with E-state index in [0.717, 1.165) is 38.5 Å². The first-order valence-corrected chi connectivity index (χ1v) is 9.07. The van der Waals surface area contributed by atoms with Gasteiger partial charge in [-0.05, 0) is 56.4 Å². The summed E-state index contributed by atoms with van der Waals surface area (Å²) in [6.45, 7) is 0. The van der Waals surface area contributed by atoms with Crippen LogP contribution >= 0.6 is 11.3 Å². The molecule has 4 nitrogen and oxygen atoms in total. The molecule has 1 aliphatic rings. The highest BCUT2D eigenvalue weighted by Crippen LogP contribution is 2.24. The van der Waals surface area contributed by atoms with Gasteiger partial charge in [-0.1, -0.05) is 12.5 Å². The fourth-order valence-electron chi connectivity index (χ4n) is 3.00. The van der Waals surface area contributed by atoms with Crippen LogP contribution in [0.3, 0.4) is 0 Å². The van der Waals surface area contributed by atoms with Gasteiger partial charge in [0.1, 0.15) is 0 Å². The predicted octanol–water partition coefficient (Wildman–Crippen LogP) is 3.61. The van der Waals surface area contributed by atoms with Crippen LogP contribution < -0.4 is 5.32 Å². The Bertz CT molecular complexity index is 464. The molecule has 0 saturated heterocycles. The minimum atomic E-state index is -0.699. The van der Waals surface area contributed by atoms with Crippen LogP contribution in [0.25, 0.3) is 0 Å². The molecule has 1 fully saturated rings. The van der Waals surface area contributed by atoms with Gasteiger partial charge in [0.15, 0.2) is 0 Å². The van der Waals surface area contributed by atoms with E-state index in [9.17, 15) is 9.59 Å². The summed E-state index contributed by atoms with van der Waals surface area (Å²) in [5.74, 6) is -0.796. The molecule has 1 aromatic heterocycles. The fourth-order valence-corrected chi connectivity index (χ4v) is 3.75. The van der Waals surface area contributed by atoms with E-state index >= 15 is 0 Å². The highest BCUT2D eigenvalue weighted by atomic mass is 32.1. The third kappa shape index (κ3) is 5.79. The SMILES string of the molecule is O=C(CCCCCc1cccs1)NC1CCC(C(=O)O)CC1. The van der Waals surface area contributed by atoms with Gasteiger partial charge in [0.25, 0.3) is 0 Å². The summed E-state index contributed by atoms with van der Waals surface area (Å²) in [4.78, 5) is 24.2. The van der Waals surface area contributed by atoms with Crippen molar-refractivity contribution < 1.29 is 14.7 Å². The monoisotopic (exact) mass is 323 g/mol. The van der Waals surface area contributed by atoms with Gasteiger partial charge in [0, 0.05) is 17.3 Å². The normalized spacial score (nSPS) is 21.5. The Balaban J connectivity index is 1.52. The van der Waals surface area contributed by atoms with Gasteiger partial charge in [0.2, 0.25) is 5.91 Å². The van der Waals surface area contributed by atoms with E-state index in [4.69, 9.17) is 5.11 Å². The molecule has 122 valence electrons. The second-order valence-electron chi connectivity index (χ2n) is 6.09. The number of aryl methyl sites for hydroxylation is 1. The molecular weight excluding hydrogens is 298 g/mol. The van der Waals surface area contributed by atoms with Crippen molar-refractivity contribution in [2.24, 2.45) is 5.92 Å². The molecule has 2 rings (SSSR count). The van der Waals surface area contributed by atoms with Gasteiger partial charge in [0.05, 0.1) is 5.92 Å². The highest BCUT2D eigenvalue weighted by Gasteiger charge is 2.26. The molecule has 2 N–H and O–H groups in total. The molecular formula is C17H25NO3S. The summed E-state index contributed by atoms with van der Waals surface area (Å²) in [5.41, 5.74) is 0. The molecule has 0 radical (unpaired) electrons. The Morgan fingerprint density at radius 2 is 1.95 bits per heavy atom. The molecule has 1 aromatic rings. The Hall–Kier alpha value is -1.36. The second-order valence-corrected chi connectivity index (χ2v) is 7.13. The van der Waals surface area contributed by atoms with Crippen molar-refractivity contribution in [3.8, 4) is 0 Å². The smallest absolute Gasteiger partial charge is 0.306 e. The molecule has 0 aliphatic heterocycles. The third-order valence-electron chi connectivity index (χ3n) is 4.35. The number of hydrogen-bond acceptors (Lipinski definition) is 3. The molecule has 1 aliphatic carbocycles. The van der Waals surface area contributed by atoms with E-state index in [2.05, 4.69) is 22.8 Å². The van der Waals surface area contributed by atoms with Crippen molar-refractivity contribution in [3.63, 3.8) is 0 Å². The average molecular weight is 323 g/mol. The molecule has 1 amide bonds. The first-order valence-electron chi connectivity index (χ1n) is 8.19. The zero-order valence-corrected chi connectivity index (χ0v) is 13.7. The number of amides is 1. The van der Waals surface area contributed by atoms with Crippen molar-refractivity contribution >= 4 is 23.2 Å². The van der Waals surface area contributed by atoms with E-state index < -0.39 is 5.97 Å². The summed E-state index contributed by atoms with van der Waals surface area (Å²) in [5, 5.41) is 14.1. The molecule has 0 spiro atoms. The first-order chi connectivity index (χ1) is 10.6. The number of thiophene rings is 1. The molecule has 1 heterocycles. The van der Waals surface area contributed by atoms with Gasteiger partial charge in [-0.3, -0.25) is 9.59 Å². The predicted molar refractivity (Wildman–Crippen MR) is 88.0 cm³/mol. The lowest BCUT2D eigenvalue weighted by molar-refractivity contribution is -0.142. The Labute approximate surface area is 135 Å². The van der Waals surface area contributed by atoms with Crippen molar-refractivity contribution in [2.45, 2.75) is 63.8 Å². The Morgan fingerprint density at radius 3 is 2.59 bits per heavy atom. The zero-order valence-electron chi connectivity index (χ0n) is 12.9. The zero-order chi connectivity index (χ0) is 15.8. The number of carboxylic acid groups (broad SMARTS) is 1. The van der Waals surface area contributed by atoms with Gasteiger partial charge in [-0.2, -0.15) is 0 Å². The molecule has 1 saturated carbocycles. The summed E-state index contributed by atoms with van der Waals surface area (Å²) < 4.78 is 0. The lowest BCUT2D eigenvalue weighted by Gasteiger charge is -2.26. The molecule has 0 bridgehead atoms. The van der Waals surface area contributed by atoms with Crippen LogP contribution in [0, 0.1) is 5.92 Å². The van der Waals surface area contributed by atoms with Crippen molar-refractivity contribution in [1.82, 2.24) is 5.32 Å². The number of carbonyl (C=O) groups excluding carboxylic acids is 1. The minimum Gasteiger partial charge on any atom is -0.481 e. The summed E-state index contributed by atoms with van der Waals surface area (Å²) in [6.07, 6.45) is 7.79. The quantitative estimate of drug-likeness (QED) is 0.718. The molecule has 5 heteroatoms. The molecule has 0 unspecified atom stereocenters. The number of nitrogens with one attached hydrogen (secondary N) is 1. The standard InChI is InChI=1S/C17H25NO3S/c19-16(7-3-1-2-5-15-6-4-12-22-15)18-14-10-8-13(9-11-14)17(20)21/h4,6,12-14H,1-3,5,7-11H2,(H,18,19)(H,20,21). The average Bonchev–Trinajstić information content (AvgIpc) is 3.00. The van der Waals surface area contributed by atoms with Crippen molar-refractivity contribution in [3.05, 3.63) is 22.4 Å². The van der Waals surface area contributed by atoms with Crippen LogP contribution in [0.5, 0.6) is 0 Å². The van der Waals surface area contributed by atoms with E-state index in [1.165, 1.54) is 4.88 Å². The van der Waals surface area contributed by atoms with Crippen LogP contribution in [0.1, 0.15) is 56.2 Å². The number of unbranched alkanes of at least 4 members (excludes halogenated alkanes) is 2. The third-order valence-corrected chi connectivity index (χ3v) is 5.28. The van der Waals surface area contributed by atoms with E-state index in [1.54, 1.807) is 11.3 Å². The maximum Gasteiger partial charge on any atom is 0.306 e. The number of aliphatic carboxylic acids is 1. The molecule has 0 aromatic carbocycles. The van der Waals surface area contributed by atoms with E-state index in [-0.39, 0.29) is 17.9 Å². The lowest BCUT2D eigenvalue weighted by Crippen LogP contribution is -2.38. The number of rotatable bonds is 8. The minimum absolute atomic E-state index is 0.120. The maximum absolute atomic E-state index is 11.9. The highest BCUT2D eigenvalue weighted by molar-refractivity contribution is 7.09. The lowest BCUT2D eigenvalue weighted by atomic mass is 9.86. The number of hydrogen-bond donors (Lipinski definition) is 2. The largest absolute Gasteiger partial charge is 0.481 e. The van der Waals surface area contributed by atoms with E-state index in [0.29, 0.717) is 19.3 Å². The van der Waals surface area contributed by atoms with E-state index in [1.807, 2.05) is 0 Å². The second kappa shape index (κ2) is 8.93. The van der Waals surface area contributed by atoms with Crippen LogP contribution in [0.15, 0.2) is 17.5 Å². The van der Waals surface area contributed by atoms with Crippen LogP contribution in [-0.2, 0) is 16.0 Å². The van der Waals surface area contributed by atoms with Gasteiger partial charge in [-0.15, -0.1) is 11.3 Å². The first kappa shape index (κ1) is 17.0. The van der Waals surface area contributed by atoms with Gasteiger partial charge >= 0.3 is 5.97 Å². The Kier molecular flexibility index (Phi) is 6.90. The van der Waals surface area contributed by atoms with Crippen molar-refractivity contribution in [1.29, 1.82) is 0 Å². The summed E-state index contributed by atoms with van der Waals surface area (Å²) in [6, 6.07) is 4.41. The van der Waals surface area contributed by atoms with Gasteiger partial charge in [-0.25, -0.2) is 0 Å². The van der Waals surface area contributed by atoms with Crippen LogP contribution in [-0.4, -0.2) is 23.0 Å². The van der Waals surface area contributed by atoms with Crippen LogP contribution in [0.2, 0.25) is 0 Å². The van der Waals surface area contributed by atoms with Gasteiger partial charge < -0.3 is 10.4 Å². The molecule has 0 atom stereocenters. The van der Waals surface area contributed by atoms with Crippen LogP contribution in [0.4, 0.5) is 0 Å². The fraction of sp³-hybridized carbons (Fsp3) is 0.647. The Morgan fingerprint density at radius 1 is 1.18 bits per heavy atom. The maximum atomic E-state index is 11.9. The number of carboxylic acids is 1. The topological polar surface area (TPSA) is 66.4 Å². The van der Waals surface area contributed by atoms with Crippen molar-refractivity contribution in [2.75, 3.05) is 0 Å². The summed E-state index contributed by atoms with van der Waals surface area (Å²) in [7, 11) is 0. The molecule has 22 heavy (non-hydrogen) atoms. The number of carbonyl (C=O) groups is 2.